The van der Waals surface area contributed by atoms with E-state index in [1.807, 2.05) is 40.8 Å². The van der Waals surface area contributed by atoms with Crippen molar-refractivity contribution in [1.82, 2.24) is 29.0 Å². The summed E-state index contributed by atoms with van der Waals surface area (Å²) in [4.78, 5) is 41.1. The van der Waals surface area contributed by atoms with Gasteiger partial charge in [-0.1, -0.05) is 0 Å². The predicted octanol–water partition coefficient (Wildman–Crippen LogP) is 3.80. The van der Waals surface area contributed by atoms with Gasteiger partial charge in [-0.05, 0) is 73.9 Å². The van der Waals surface area contributed by atoms with E-state index in [1.165, 1.54) is 12.3 Å². The zero-order chi connectivity index (χ0) is 31.9. The van der Waals surface area contributed by atoms with Crippen LogP contribution in [0, 0.1) is 17.7 Å². The summed E-state index contributed by atoms with van der Waals surface area (Å²) in [6, 6.07) is 11.0. The Morgan fingerprint density at radius 1 is 1.09 bits per heavy atom. The van der Waals surface area contributed by atoms with Gasteiger partial charge in [-0.15, -0.1) is 0 Å². The van der Waals surface area contributed by atoms with Gasteiger partial charge in [-0.3, -0.25) is 14.6 Å². The smallest absolute Gasteiger partial charge is 0.254 e. The average molecular weight is 623 g/mol. The molecule has 2 bridgehead atoms. The van der Waals surface area contributed by atoms with Crippen LogP contribution in [0.15, 0.2) is 42.6 Å². The van der Waals surface area contributed by atoms with Crippen molar-refractivity contribution in [1.29, 1.82) is 0 Å². The first-order valence-electron chi connectivity index (χ1n) is 15.7. The van der Waals surface area contributed by atoms with Crippen molar-refractivity contribution in [3.63, 3.8) is 0 Å². The molecule has 5 aromatic rings. The van der Waals surface area contributed by atoms with Crippen molar-refractivity contribution in [2.24, 2.45) is 30.4 Å². The molecule has 46 heavy (non-hydrogen) atoms. The molecule has 1 saturated heterocycles. The maximum absolute atomic E-state index is 14.8. The molecule has 11 nitrogen and oxygen atoms in total. The molecule has 8 rings (SSSR count). The van der Waals surface area contributed by atoms with Crippen LogP contribution in [0.4, 0.5) is 4.39 Å². The number of aryl methyl sites for hydroxylation is 1. The summed E-state index contributed by atoms with van der Waals surface area (Å²) in [6.07, 6.45) is 5.54. The highest BCUT2D eigenvalue weighted by Gasteiger charge is 2.47. The van der Waals surface area contributed by atoms with E-state index in [1.54, 1.807) is 7.11 Å². The van der Waals surface area contributed by atoms with E-state index in [4.69, 9.17) is 26.2 Å². The Hall–Kier alpha value is -4.84. The molecule has 2 aliphatic carbocycles. The highest BCUT2D eigenvalue weighted by molar-refractivity contribution is 6.00. The number of piperidine rings is 1. The van der Waals surface area contributed by atoms with Crippen LogP contribution in [0.3, 0.4) is 0 Å². The molecule has 1 aromatic carbocycles. The number of carbonyl (C=O) groups excluding carboxylic acids is 2. The highest BCUT2D eigenvalue weighted by Crippen LogP contribution is 2.40. The van der Waals surface area contributed by atoms with Crippen LogP contribution in [0.2, 0.25) is 0 Å². The number of amides is 2. The van der Waals surface area contributed by atoms with Crippen LogP contribution in [-0.2, 0) is 24.8 Å². The molecule has 12 heteroatoms. The summed E-state index contributed by atoms with van der Waals surface area (Å²) in [5, 5.41) is 0.925. The second-order valence-electron chi connectivity index (χ2n) is 13.0. The third-order valence-corrected chi connectivity index (χ3v) is 9.98. The molecular formula is C34H35FN8O3. The van der Waals surface area contributed by atoms with Crippen molar-refractivity contribution in [2.75, 3.05) is 13.7 Å². The average Bonchev–Trinajstić information content (AvgIpc) is 3.45. The lowest BCUT2D eigenvalue weighted by Crippen LogP contribution is -2.41. The van der Waals surface area contributed by atoms with Crippen LogP contribution in [0.25, 0.3) is 44.8 Å². The summed E-state index contributed by atoms with van der Waals surface area (Å²) in [5.74, 6) is 0.915. The third kappa shape index (κ3) is 4.61. The van der Waals surface area contributed by atoms with E-state index >= 15 is 0 Å². The Balaban J connectivity index is 1.21. The number of carbonyl (C=O) groups is 2. The molecule has 4 aromatic heterocycles. The van der Waals surface area contributed by atoms with Crippen LogP contribution < -0.4 is 16.2 Å². The minimum Gasteiger partial charge on any atom is -0.494 e. The van der Waals surface area contributed by atoms with E-state index in [0.717, 1.165) is 60.3 Å². The number of fused-ring (bicyclic) bond motifs is 4. The molecule has 0 radical (unpaired) electrons. The second kappa shape index (κ2) is 10.6. The van der Waals surface area contributed by atoms with Gasteiger partial charge in [-0.25, -0.2) is 14.4 Å². The molecule has 2 amide bonds. The second-order valence-corrected chi connectivity index (χ2v) is 13.0. The Labute approximate surface area is 264 Å². The molecule has 2 unspecified atom stereocenters. The van der Waals surface area contributed by atoms with Crippen molar-refractivity contribution in [3.8, 4) is 28.5 Å². The van der Waals surface area contributed by atoms with Gasteiger partial charge < -0.3 is 30.2 Å². The van der Waals surface area contributed by atoms with E-state index in [-0.39, 0.29) is 30.1 Å². The highest BCUT2D eigenvalue weighted by atomic mass is 19.1. The molecule has 3 fully saturated rings. The Morgan fingerprint density at radius 2 is 1.91 bits per heavy atom. The number of pyridine rings is 2. The Bertz CT molecular complexity index is 2060. The third-order valence-electron chi connectivity index (χ3n) is 9.98. The van der Waals surface area contributed by atoms with Gasteiger partial charge in [0.05, 0.1) is 36.1 Å². The van der Waals surface area contributed by atoms with Crippen molar-refractivity contribution < 1.29 is 18.7 Å². The zero-order valence-corrected chi connectivity index (χ0v) is 25.7. The van der Waals surface area contributed by atoms with E-state index in [2.05, 4.69) is 15.6 Å². The molecule has 3 atom stereocenters. The first-order valence-corrected chi connectivity index (χ1v) is 15.7. The number of rotatable bonds is 8. The number of imidazole rings is 1. The van der Waals surface area contributed by atoms with Gasteiger partial charge in [0, 0.05) is 54.9 Å². The predicted molar refractivity (Wildman–Crippen MR) is 170 cm³/mol. The molecule has 0 spiro atoms. The number of hydrogen-bond acceptors (Lipinski definition) is 7. The molecule has 2 saturated carbocycles. The number of primary amides is 1. The fourth-order valence-electron chi connectivity index (χ4n) is 7.38. The number of likely N-dealkylation sites (tertiary alicyclic amines) is 1. The van der Waals surface area contributed by atoms with Crippen LogP contribution in [-0.4, -0.2) is 66.5 Å². The van der Waals surface area contributed by atoms with Crippen molar-refractivity contribution in [2.45, 2.75) is 50.7 Å². The number of ether oxygens (including phenoxy) is 1. The lowest BCUT2D eigenvalue weighted by molar-refractivity contribution is -0.117. The number of nitrogens with two attached hydrogens (primary N) is 2. The lowest BCUT2D eigenvalue weighted by Gasteiger charge is -2.27. The summed E-state index contributed by atoms with van der Waals surface area (Å²) in [5.41, 5.74) is 16.4. The topological polar surface area (TPSA) is 147 Å². The number of halogens is 1. The van der Waals surface area contributed by atoms with Gasteiger partial charge in [-0.2, -0.15) is 0 Å². The Morgan fingerprint density at radius 3 is 2.59 bits per heavy atom. The summed E-state index contributed by atoms with van der Waals surface area (Å²) >= 11 is 0. The van der Waals surface area contributed by atoms with Crippen LogP contribution in [0.5, 0.6) is 5.75 Å². The summed E-state index contributed by atoms with van der Waals surface area (Å²) in [7, 11) is 3.56. The maximum atomic E-state index is 14.8. The van der Waals surface area contributed by atoms with Gasteiger partial charge in [0.15, 0.2) is 5.82 Å². The molecule has 236 valence electrons. The van der Waals surface area contributed by atoms with Gasteiger partial charge in [0.25, 0.3) is 5.91 Å². The fraction of sp³-hybridized carbons (Fsp3) is 0.382. The molecule has 4 N–H and O–H groups in total. The van der Waals surface area contributed by atoms with Crippen molar-refractivity contribution >= 4 is 33.9 Å². The summed E-state index contributed by atoms with van der Waals surface area (Å²) < 4.78 is 24.8. The first kappa shape index (κ1) is 28.6. The molecule has 3 aliphatic rings. The monoisotopic (exact) mass is 622 g/mol. The SMILES string of the molecule is COc1cc(C(=O)N2CC3CCC2[C@@H]3N)cc2nc(-c3cc4ccc(-c5cnc(CC(N)=O)c(F)c5)nc4n3CC3CC3)n(C)c12. The standard InChI is InChI=1S/C34H35FN8O3/c1-41-31-25(10-20(12-28(31)46-2)34(45)43-16-19-6-8-26(43)30(19)37)40-33(41)27-11-18-5-7-23(39-32(18)42(27)15-17-3-4-17)21-9-22(35)24(38-14-21)13-29(36)44/h5,7,9-12,14,17,19,26,30H,3-4,6,8,13,15-16,37H2,1-2H3,(H2,36,44)/t19?,26?,30-/m1/s1. The number of hydrogen-bond donors (Lipinski definition) is 2. The van der Waals surface area contributed by atoms with E-state index in [9.17, 15) is 14.0 Å². The van der Waals surface area contributed by atoms with Crippen molar-refractivity contribution in [3.05, 3.63) is 59.7 Å². The number of benzene rings is 1. The molecular weight excluding hydrogens is 587 g/mol. The van der Waals surface area contributed by atoms with Crippen LogP contribution in [0.1, 0.15) is 41.7 Å². The first-order chi connectivity index (χ1) is 22.2. The minimum absolute atomic E-state index is 0.00935. The fourth-order valence-corrected chi connectivity index (χ4v) is 7.38. The largest absolute Gasteiger partial charge is 0.494 e. The number of methoxy groups -OCH3 is 1. The van der Waals surface area contributed by atoms with Gasteiger partial charge >= 0.3 is 0 Å². The number of aromatic nitrogens is 5. The van der Waals surface area contributed by atoms with E-state index in [0.29, 0.717) is 46.5 Å². The lowest BCUT2D eigenvalue weighted by atomic mass is 10.1. The zero-order valence-electron chi connectivity index (χ0n) is 25.7. The molecule has 5 heterocycles. The normalized spacial score (nSPS) is 20.7. The van der Waals surface area contributed by atoms with Gasteiger partial charge in [0.2, 0.25) is 5.91 Å². The minimum atomic E-state index is -0.644. The molecule has 1 aliphatic heterocycles. The maximum Gasteiger partial charge on any atom is 0.254 e. The Kier molecular flexibility index (Phi) is 6.61. The summed E-state index contributed by atoms with van der Waals surface area (Å²) in [6.45, 7) is 1.45. The van der Waals surface area contributed by atoms with Gasteiger partial charge in [0.1, 0.15) is 22.7 Å². The van der Waals surface area contributed by atoms with Crippen LogP contribution >= 0.6 is 0 Å². The quantitative estimate of drug-likeness (QED) is 0.268. The number of nitrogens with zero attached hydrogens (tertiary/aromatic N) is 6. The van der Waals surface area contributed by atoms with E-state index < -0.39 is 11.7 Å².